The summed E-state index contributed by atoms with van der Waals surface area (Å²) < 4.78 is 27.2. The van der Waals surface area contributed by atoms with Gasteiger partial charge in [0.1, 0.15) is 0 Å². The number of benzene rings is 1. The van der Waals surface area contributed by atoms with Crippen molar-refractivity contribution >= 4 is 21.7 Å². The predicted octanol–water partition coefficient (Wildman–Crippen LogP) is 0.156. The number of sulfonamides is 1. The van der Waals surface area contributed by atoms with Gasteiger partial charge in [-0.1, -0.05) is 0 Å². The van der Waals surface area contributed by atoms with Crippen molar-refractivity contribution in [1.82, 2.24) is 0 Å². The highest BCUT2D eigenvalue weighted by atomic mass is 32.2. The van der Waals surface area contributed by atoms with Crippen molar-refractivity contribution in [3.05, 3.63) is 22.8 Å². The van der Waals surface area contributed by atoms with Crippen molar-refractivity contribution in [2.24, 2.45) is 15.9 Å². The summed E-state index contributed by atoms with van der Waals surface area (Å²) in [5, 5.41) is 0. The quantitative estimate of drug-likeness (QED) is 0.395. The molecule has 94 valence electrons. The van der Waals surface area contributed by atoms with Gasteiger partial charge in [-0.05, 0) is 43.5 Å². The fraction of sp³-hybridized carbons (Fsp3) is 0.300. The van der Waals surface area contributed by atoms with Crippen LogP contribution >= 0.6 is 0 Å². The number of aryl methyl sites for hydroxylation is 1. The highest BCUT2D eigenvalue weighted by Gasteiger charge is 2.21. The summed E-state index contributed by atoms with van der Waals surface area (Å²) in [4.78, 5) is 0.0726. The van der Waals surface area contributed by atoms with Crippen molar-refractivity contribution in [1.29, 1.82) is 0 Å². The summed E-state index contributed by atoms with van der Waals surface area (Å²) in [5.41, 5.74) is 18.2. The van der Waals surface area contributed by atoms with E-state index in [2.05, 4.69) is 4.40 Å². The third-order valence-corrected chi connectivity index (χ3v) is 4.14. The number of anilines is 1. The Morgan fingerprint density at radius 1 is 1.18 bits per heavy atom. The standard InChI is InChI=1S/C10H16N4O2S/c1-5-4-8(11)7(3)9(6(5)2)17(15,16)14-10(12)13/h4H,11H2,1-3H3,(H4,12,13,14). The summed E-state index contributed by atoms with van der Waals surface area (Å²) in [6.07, 6.45) is 0. The predicted molar refractivity (Wildman–Crippen MR) is 68.1 cm³/mol. The Hall–Kier alpha value is -1.76. The first-order valence-corrected chi connectivity index (χ1v) is 6.33. The molecule has 0 saturated carbocycles. The number of nitrogens with zero attached hydrogens (tertiary/aromatic N) is 1. The van der Waals surface area contributed by atoms with E-state index >= 15 is 0 Å². The summed E-state index contributed by atoms with van der Waals surface area (Å²) in [5.74, 6) is -0.496. The largest absolute Gasteiger partial charge is 0.398 e. The van der Waals surface area contributed by atoms with Gasteiger partial charge in [0.05, 0.1) is 4.90 Å². The van der Waals surface area contributed by atoms with E-state index in [1.54, 1.807) is 26.8 Å². The minimum Gasteiger partial charge on any atom is -0.398 e. The lowest BCUT2D eigenvalue weighted by atomic mass is 10.1. The molecule has 0 bridgehead atoms. The van der Waals surface area contributed by atoms with Crippen LogP contribution in [-0.4, -0.2) is 14.4 Å². The highest BCUT2D eigenvalue weighted by molar-refractivity contribution is 7.90. The molecule has 0 aliphatic heterocycles. The SMILES string of the molecule is Cc1cc(N)c(C)c(S(=O)(=O)N=C(N)N)c1C. The topological polar surface area (TPSA) is 125 Å². The molecule has 6 N–H and O–H groups in total. The van der Waals surface area contributed by atoms with Crippen LogP contribution in [0.4, 0.5) is 5.69 Å². The Morgan fingerprint density at radius 2 is 1.71 bits per heavy atom. The minimum absolute atomic E-state index is 0.0726. The van der Waals surface area contributed by atoms with Gasteiger partial charge in [0, 0.05) is 5.69 Å². The Labute approximate surface area is 101 Å². The van der Waals surface area contributed by atoms with Gasteiger partial charge >= 0.3 is 0 Å². The molecule has 17 heavy (non-hydrogen) atoms. The van der Waals surface area contributed by atoms with Gasteiger partial charge in [0.2, 0.25) is 5.96 Å². The summed E-state index contributed by atoms with van der Waals surface area (Å²) in [6.45, 7) is 5.09. The average molecular weight is 256 g/mol. The van der Waals surface area contributed by atoms with Crippen molar-refractivity contribution < 1.29 is 8.42 Å². The fourth-order valence-electron chi connectivity index (χ4n) is 1.61. The maximum absolute atomic E-state index is 12.0. The monoisotopic (exact) mass is 256 g/mol. The van der Waals surface area contributed by atoms with Crippen LogP contribution in [-0.2, 0) is 10.0 Å². The zero-order chi connectivity index (χ0) is 13.4. The van der Waals surface area contributed by atoms with Crippen molar-refractivity contribution in [3.8, 4) is 0 Å². The van der Waals surface area contributed by atoms with Crippen LogP contribution in [0.3, 0.4) is 0 Å². The molecular formula is C10H16N4O2S. The van der Waals surface area contributed by atoms with Crippen LogP contribution in [0.25, 0.3) is 0 Å². The zero-order valence-electron chi connectivity index (χ0n) is 9.98. The van der Waals surface area contributed by atoms with Crippen molar-refractivity contribution in [3.63, 3.8) is 0 Å². The number of hydrogen-bond acceptors (Lipinski definition) is 3. The lowest BCUT2D eigenvalue weighted by Crippen LogP contribution is -2.24. The lowest BCUT2D eigenvalue weighted by molar-refractivity contribution is 0.596. The van der Waals surface area contributed by atoms with Crippen molar-refractivity contribution in [2.75, 3.05) is 5.73 Å². The maximum Gasteiger partial charge on any atom is 0.286 e. The molecule has 0 radical (unpaired) electrons. The molecule has 0 heterocycles. The first kappa shape index (κ1) is 13.3. The Kier molecular flexibility index (Phi) is 3.33. The Morgan fingerprint density at radius 3 is 2.18 bits per heavy atom. The fourth-order valence-corrected chi connectivity index (χ4v) is 3.03. The van der Waals surface area contributed by atoms with E-state index in [-0.39, 0.29) is 4.90 Å². The molecule has 0 unspecified atom stereocenters. The number of nitrogens with two attached hydrogens (primary N) is 3. The van der Waals surface area contributed by atoms with Gasteiger partial charge in [-0.25, -0.2) is 0 Å². The molecule has 0 aromatic heterocycles. The molecule has 0 aliphatic rings. The third-order valence-electron chi connectivity index (χ3n) is 2.56. The molecular weight excluding hydrogens is 240 g/mol. The van der Waals surface area contributed by atoms with E-state index in [0.29, 0.717) is 16.8 Å². The molecule has 6 nitrogen and oxygen atoms in total. The van der Waals surface area contributed by atoms with Crippen LogP contribution < -0.4 is 17.2 Å². The smallest absolute Gasteiger partial charge is 0.286 e. The molecule has 7 heteroatoms. The van der Waals surface area contributed by atoms with Crippen LogP contribution in [0.2, 0.25) is 0 Å². The molecule has 1 aromatic carbocycles. The van der Waals surface area contributed by atoms with Gasteiger partial charge in [0.25, 0.3) is 10.0 Å². The van der Waals surface area contributed by atoms with Crippen molar-refractivity contribution in [2.45, 2.75) is 25.7 Å². The second-order valence-corrected chi connectivity index (χ2v) is 5.39. The van der Waals surface area contributed by atoms with E-state index in [0.717, 1.165) is 5.56 Å². The molecule has 1 rings (SSSR count). The Balaban J connectivity index is 3.69. The van der Waals surface area contributed by atoms with Gasteiger partial charge in [0.15, 0.2) is 0 Å². The molecule has 0 aliphatic carbocycles. The van der Waals surface area contributed by atoms with E-state index in [4.69, 9.17) is 17.2 Å². The van der Waals surface area contributed by atoms with Crippen LogP contribution in [0.5, 0.6) is 0 Å². The van der Waals surface area contributed by atoms with Gasteiger partial charge in [-0.15, -0.1) is 4.40 Å². The van der Waals surface area contributed by atoms with Gasteiger partial charge in [-0.2, -0.15) is 8.42 Å². The molecule has 0 atom stereocenters. The second kappa shape index (κ2) is 4.25. The van der Waals surface area contributed by atoms with E-state index < -0.39 is 16.0 Å². The number of hydrogen-bond donors (Lipinski definition) is 3. The Bertz CT molecular complexity index is 561. The summed E-state index contributed by atoms with van der Waals surface area (Å²) in [7, 11) is -3.91. The van der Waals surface area contributed by atoms with E-state index in [9.17, 15) is 8.42 Å². The zero-order valence-corrected chi connectivity index (χ0v) is 10.8. The number of nitrogen functional groups attached to an aromatic ring is 1. The molecule has 0 fully saturated rings. The summed E-state index contributed by atoms with van der Waals surface area (Å²) in [6, 6.07) is 1.72. The third kappa shape index (κ3) is 2.50. The maximum atomic E-state index is 12.0. The van der Waals surface area contributed by atoms with Crippen LogP contribution in [0.15, 0.2) is 15.4 Å². The van der Waals surface area contributed by atoms with Gasteiger partial charge in [-0.3, -0.25) is 0 Å². The second-order valence-electron chi connectivity index (χ2n) is 3.85. The molecule has 0 spiro atoms. The highest BCUT2D eigenvalue weighted by Crippen LogP contribution is 2.28. The lowest BCUT2D eigenvalue weighted by Gasteiger charge is -2.12. The minimum atomic E-state index is -3.91. The van der Waals surface area contributed by atoms with E-state index in [1.807, 2.05) is 0 Å². The first-order valence-electron chi connectivity index (χ1n) is 4.89. The molecule has 1 aromatic rings. The number of rotatable bonds is 2. The van der Waals surface area contributed by atoms with E-state index in [1.165, 1.54) is 0 Å². The normalized spacial score (nSPS) is 11.2. The van der Waals surface area contributed by atoms with Gasteiger partial charge < -0.3 is 17.2 Å². The number of guanidine groups is 1. The summed E-state index contributed by atoms with van der Waals surface area (Å²) >= 11 is 0. The van der Waals surface area contributed by atoms with Crippen LogP contribution in [0, 0.1) is 20.8 Å². The first-order chi connectivity index (χ1) is 7.66. The average Bonchev–Trinajstić information content (AvgIpc) is 2.12. The molecule has 0 saturated heterocycles. The molecule has 0 amide bonds. The van der Waals surface area contributed by atoms with Crippen LogP contribution in [0.1, 0.15) is 16.7 Å².